The summed E-state index contributed by atoms with van der Waals surface area (Å²) in [5.41, 5.74) is 2.38. The standard InChI is InChI=1S/C14H18N4O/c1-3-18(4-2)12-7-5-11(6-8-12)17-14(19)13-9-15-10-16-13/h5-10H,3-4H2,1-2H3,(H,15,16)(H,17,19). The van der Waals surface area contributed by atoms with E-state index in [9.17, 15) is 4.79 Å². The highest BCUT2D eigenvalue weighted by atomic mass is 16.1. The average Bonchev–Trinajstić information content (AvgIpc) is 2.96. The number of nitrogens with zero attached hydrogens (tertiary/aromatic N) is 2. The van der Waals surface area contributed by atoms with Crippen molar-refractivity contribution in [3.63, 3.8) is 0 Å². The van der Waals surface area contributed by atoms with Crippen molar-refractivity contribution in [3.05, 3.63) is 42.5 Å². The molecule has 19 heavy (non-hydrogen) atoms. The van der Waals surface area contributed by atoms with Crippen molar-refractivity contribution in [1.82, 2.24) is 9.97 Å². The molecule has 0 spiro atoms. The lowest BCUT2D eigenvalue weighted by Gasteiger charge is -2.21. The first-order valence-electron chi connectivity index (χ1n) is 6.39. The van der Waals surface area contributed by atoms with Gasteiger partial charge in [0.15, 0.2) is 0 Å². The molecule has 2 aromatic rings. The number of benzene rings is 1. The minimum atomic E-state index is -0.187. The zero-order chi connectivity index (χ0) is 13.7. The topological polar surface area (TPSA) is 61.0 Å². The minimum Gasteiger partial charge on any atom is -0.372 e. The smallest absolute Gasteiger partial charge is 0.273 e. The fourth-order valence-corrected chi connectivity index (χ4v) is 1.92. The number of aromatic nitrogens is 2. The number of amides is 1. The summed E-state index contributed by atoms with van der Waals surface area (Å²) >= 11 is 0. The van der Waals surface area contributed by atoms with Gasteiger partial charge in [-0.15, -0.1) is 0 Å². The van der Waals surface area contributed by atoms with Crippen LogP contribution in [0.15, 0.2) is 36.8 Å². The summed E-state index contributed by atoms with van der Waals surface area (Å²) in [6.45, 7) is 6.18. The van der Waals surface area contributed by atoms with Crippen molar-refractivity contribution in [2.24, 2.45) is 0 Å². The molecule has 5 heteroatoms. The van der Waals surface area contributed by atoms with Gasteiger partial charge in [-0.05, 0) is 38.1 Å². The van der Waals surface area contributed by atoms with Crippen LogP contribution < -0.4 is 10.2 Å². The lowest BCUT2D eigenvalue weighted by atomic mass is 10.2. The molecule has 1 amide bonds. The Balaban J connectivity index is 2.05. The van der Waals surface area contributed by atoms with Crippen molar-refractivity contribution in [2.45, 2.75) is 13.8 Å². The first kappa shape index (κ1) is 13.1. The van der Waals surface area contributed by atoms with E-state index in [4.69, 9.17) is 0 Å². The molecule has 0 saturated carbocycles. The molecule has 0 bridgehead atoms. The van der Waals surface area contributed by atoms with Gasteiger partial charge in [-0.2, -0.15) is 0 Å². The van der Waals surface area contributed by atoms with Gasteiger partial charge in [-0.3, -0.25) is 4.79 Å². The molecule has 0 fully saturated rings. The molecule has 0 radical (unpaired) electrons. The second-order valence-electron chi connectivity index (χ2n) is 4.14. The summed E-state index contributed by atoms with van der Waals surface area (Å²) in [5.74, 6) is -0.187. The van der Waals surface area contributed by atoms with E-state index in [-0.39, 0.29) is 5.91 Å². The van der Waals surface area contributed by atoms with Gasteiger partial charge in [0.25, 0.3) is 5.91 Å². The number of aromatic amines is 1. The van der Waals surface area contributed by atoms with Gasteiger partial charge in [0.2, 0.25) is 0 Å². The molecule has 100 valence electrons. The third kappa shape index (κ3) is 3.13. The second-order valence-corrected chi connectivity index (χ2v) is 4.14. The highest BCUT2D eigenvalue weighted by molar-refractivity contribution is 6.02. The monoisotopic (exact) mass is 258 g/mol. The maximum absolute atomic E-state index is 11.8. The molecule has 1 aromatic heterocycles. The van der Waals surface area contributed by atoms with Crippen molar-refractivity contribution >= 4 is 17.3 Å². The van der Waals surface area contributed by atoms with Gasteiger partial charge in [-0.1, -0.05) is 0 Å². The van der Waals surface area contributed by atoms with Crippen LogP contribution in [0.25, 0.3) is 0 Å². The lowest BCUT2D eigenvalue weighted by molar-refractivity contribution is 0.102. The van der Waals surface area contributed by atoms with Crippen LogP contribution in [0.2, 0.25) is 0 Å². The Morgan fingerprint density at radius 2 is 1.95 bits per heavy atom. The Bertz CT molecular complexity index is 515. The predicted octanol–water partition coefficient (Wildman–Crippen LogP) is 2.51. The lowest BCUT2D eigenvalue weighted by Crippen LogP contribution is -2.21. The number of hydrogen-bond acceptors (Lipinski definition) is 3. The normalized spacial score (nSPS) is 10.2. The van der Waals surface area contributed by atoms with Crippen LogP contribution in [0.4, 0.5) is 11.4 Å². The summed E-state index contributed by atoms with van der Waals surface area (Å²) in [7, 11) is 0. The van der Waals surface area contributed by atoms with E-state index in [1.54, 1.807) is 0 Å². The first-order valence-corrected chi connectivity index (χ1v) is 6.39. The van der Waals surface area contributed by atoms with Crippen LogP contribution >= 0.6 is 0 Å². The summed E-state index contributed by atoms with van der Waals surface area (Å²) < 4.78 is 0. The van der Waals surface area contributed by atoms with Crippen LogP contribution in [0.5, 0.6) is 0 Å². The highest BCUT2D eigenvalue weighted by Gasteiger charge is 2.07. The number of hydrogen-bond donors (Lipinski definition) is 2. The third-order valence-electron chi connectivity index (χ3n) is 3.00. The van der Waals surface area contributed by atoms with Crippen LogP contribution in [-0.4, -0.2) is 29.0 Å². The van der Waals surface area contributed by atoms with Crippen molar-refractivity contribution in [3.8, 4) is 0 Å². The van der Waals surface area contributed by atoms with Crippen molar-refractivity contribution < 1.29 is 4.79 Å². The van der Waals surface area contributed by atoms with E-state index in [1.807, 2.05) is 24.3 Å². The summed E-state index contributed by atoms with van der Waals surface area (Å²) in [5, 5.41) is 2.82. The molecular weight excluding hydrogens is 240 g/mol. The largest absolute Gasteiger partial charge is 0.372 e. The number of anilines is 2. The number of rotatable bonds is 5. The maximum atomic E-state index is 11.8. The SMILES string of the molecule is CCN(CC)c1ccc(NC(=O)c2cnc[nH]2)cc1. The zero-order valence-electron chi connectivity index (χ0n) is 11.2. The van der Waals surface area contributed by atoms with Gasteiger partial charge in [0, 0.05) is 24.5 Å². The first-order chi connectivity index (χ1) is 9.24. The molecule has 1 heterocycles. The third-order valence-corrected chi connectivity index (χ3v) is 3.00. The number of carbonyl (C=O) groups excluding carboxylic acids is 1. The van der Waals surface area contributed by atoms with Crippen LogP contribution in [0.1, 0.15) is 24.3 Å². The van der Waals surface area contributed by atoms with E-state index in [2.05, 4.69) is 34.0 Å². The molecule has 0 aliphatic heterocycles. The second kappa shape index (κ2) is 6.04. The van der Waals surface area contributed by atoms with Crippen molar-refractivity contribution in [2.75, 3.05) is 23.3 Å². The molecule has 1 aromatic carbocycles. The maximum Gasteiger partial charge on any atom is 0.273 e. The molecule has 0 unspecified atom stereocenters. The van der Waals surface area contributed by atoms with Gasteiger partial charge in [-0.25, -0.2) is 4.98 Å². The molecule has 0 aliphatic carbocycles. The molecular formula is C14H18N4O. The Hall–Kier alpha value is -2.30. The van der Waals surface area contributed by atoms with Gasteiger partial charge < -0.3 is 15.2 Å². The van der Waals surface area contributed by atoms with Crippen LogP contribution in [0.3, 0.4) is 0 Å². The summed E-state index contributed by atoms with van der Waals surface area (Å²) in [4.78, 5) is 20.7. The molecule has 0 saturated heterocycles. The Morgan fingerprint density at radius 1 is 1.26 bits per heavy atom. The van der Waals surface area contributed by atoms with Crippen LogP contribution in [0, 0.1) is 0 Å². The van der Waals surface area contributed by atoms with Gasteiger partial charge >= 0.3 is 0 Å². The number of carbonyl (C=O) groups is 1. The van der Waals surface area contributed by atoms with Gasteiger partial charge in [0.05, 0.1) is 12.5 Å². The molecule has 2 N–H and O–H groups in total. The van der Waals surface area contributed by atoms with E-state index < -0.39 is 0 Å². The Labute approximate surface area is 112 Å². The van der Waals surface area contributed by atoms with Crippen LogP contribution in [-0.2, 0) is 0 Å². The molecule has 0 aliphatic rings. The predicted molar refractivity (Wildman–Crippen MR) is 76.5 cm³/mol. The average molecular weight is 258 g/mol. The fraction of sp³-hybridized carbons (Fsp3) is 0.286. The summed E-state index contributed by atoms with van der Waals surface area (Å²) in [6.07, 6.45) is 2.98. The molecule has 0 atom stereocenters. The van der Waals surface area contributed by atoms with Gasteiger partial charge in [0.1, 0.15) is 5.69 Å². The number of H-pyrrole nitrogens is 1. The Morgan fingerprint density at radius 3 is 2.47 bits per heavy atom. The minimum absolute atomic E-state index is 0.187. The van der Waals surface area contributed by atoms with E-state index >= 15 is 0 Å². The zero-order valence-corrected chi connectivity index (χ0v) is 11.2. The number of imidazole rings is 1. The van der Waals surface area contributed by atoms with E-state index in [0.29, 0.717) is 5.69 Å². The fourth-order valence-electron chi connectivity index (χ4n) is 1.92. The van der Waals surface area contributed by atoms with Crippen molar-refractivity contribution in [1.29, 1.82) is 0 Å². The summed E-state index contributed by atoms with van der Waals surface area (Å²) in [6, 6.07) is 7.83. The van der Waals surface area contributed by atoms with E-state index in [1.165, 1.54) is 12.5 Å². The van der Waals surface area contributed by atoms with E-state index in [0.717, 1.165) is 24.5 Å². The highest BCUT2D eigenvalue weighted by Crippen LogP contribution is 2.18. The molecule has 5 nitrogen and oxygen atoms in total. The quantitative estimate of drug-likeness (QED) is 0.866. The Kier molecular flexibility index (Phi) is 4.18. The number of nitrogens with one attached hydrogen (secondary N) is 2. The molecule has 2 rings (SSSR count).